The number of nitro groups is 1. The summed E-state index contributed by atoms with van der Waals surface area (Å²) in [5.41, 5.74) is -0.190. The third kappa shape index (κ3) is 4.42. The lowest BCUT2D eigenvalue weighted by Crippen LogP contribution is -2.31. The van der Waals surface area contributed by atoms with Gasteiger partial charge in [-0.3, -0.25) is 19.7 Å². The van der Waals surface area contributed by atoms with Crippen LogP contribution in [0.4, 0.5) is 5.69 Å². The van der Waals surface area contributed by atoms with E-state index in [1.165, 1.54) is 12.1 Å². The van der Waals surface area contributed by atoms with E-state index in [1.807, 2.05) is 0 Å². The summed E-state index contributed by atoms with van der Waals surface area (Å²) in [5.74, 6) is -0.589. The highest BCUT2D eigenvalue weighted by Gasteiger charge is 2.23. The van der Waals surface area contributed by atoms with E-state index < -0.39 is 10.8 Å². The SMILES string of the molecule is O=C(CCNC(=O)c1ccc(Cl)c([N+](=O)[O-])c1)NC1CC1. The van der Waals surface area contributed by atoms with E-state index in [9.17, 15) is 19.7 Å². The van der Waals surface area contributed by atoms with Gasteiger partial charge in [-0.2, -0.15) is 0 Å². The fraction of sp³-hybridized carbons (Fsp3) is 0.385. The average Bonchev–Trinajstić information content (AvgIpc) is 3.22. The predicted octanol–water partition coefficient (Wildman–Crippen LogP) is 1.65. The van der Waals surface area contributed by atoms with E-state index in [0.29, 0.717) is 0 Å². The highest BCUT2D eigenvalue weighted by molar-refractivity contribution is 6.32. The van der Waals surface area contributed by atoms with Crippen LogP contribution in [0.3, 0.4) is 0 Å². The van der Waals surface area contributed by atoms with Gasteiger partial charge in [-0.15, -0.1) is 0 Å². The molecule has 0 atom stereocenters. The molecule has 1 aliphatic carbocycles. The molecule has 0 aromatic heterocycles. The van der Waals surface area contributed by atoms with Gasteiger partial charge in [0.25, 0.3) is 11.6 Å². The van der Waals surface area contributed by atoms with Crippen LogP contribution >= 0.6 is 11.6 Å². The second-order valence-electron chi connectivity index (χ2n) is 4.77. The molecule has 112 valence electrons. The van der Waals surface area contributed by atoms with Gasteiger partial charge in [-0.25, -0.2) is 0 Å². The summed E-state index contributed by atoms with van der Waals surface area (Å²) >= 11 is 5.67. The summed E-state index contributed by atoms with van der Waals surface area (Å²) < 4.78 is 0. The van der Waals surface area contributed by atoms with Crippen LogP contribution in [0.2, 0.25) is 5.02 Å². The lowest BCUT2D eigenvalue weighted by molar-refractivity contribution is -0.384. The van der Waals surface area contributed by atoms with Crippen molar-refractivity contribution in [1.29, 1.82) is 0 Å². The first kappa shape index (κ1) is 15.2. The molecule has 1 fully saturated rings. The molecule has 1 aromatic rings. The van der Waals surface area contributed by atoms with Crippen molar-refractivity contribution in [2.45, 2.75) is 25.3 Å². The number of benzene rings is 1. The fourth-order valence-electron chi connectivity index (χ4n) is 1.71. The smallest absolute Gasteiger partial charge is 0.288 e. The van der Waals surface area contributed by atoms with Crippen molar-refractivity contribution < 1.29 is 14.5 Å². The zero-order valence-corrected chi connectivity index (χ0v) is 11.9. The number of nitrogens with one attached hydrogen (secondary N) is 2. The molecule has 2 amide bonds. The van der Waals surface area contributed by atoms with E-state index in [0.717, 1.165) is 18.9 Å². The van der Waals surface area contributed by atoms with Gasteiger partial charge < -0.3 is 10.6 Å². The number of hydrogen-bond donors (Lipinski definition) is 2. The topological polar surface area (TPSA) is 101 Å². The summed E-state index contributed by atoms with van der Waals surface area (Å²) in [6, 6.07) is 4.10. The molecule has 0 heterocycles. The summed E-state index contributed by atoms with van der Waals surface area (Å²) in [6.07, 6.45) is 2.19. The molecular weight excluding hydrogens is 298 g/mol. The first-order valence-corrected chi connectivity index (χ1v) is 6.86. The second-order valence-corrected chi connectivity index (χ2v) is 5.18. The molecule has 0 bridgehead atoms. The Morgan fingerprint density at radius 1 is 1.38 bits per heavy atom. The Morgan fingerprint density at radius 2 is 2.10 bits per heavy atom. The molecule has 8 heteroatoms. The van der Waals surface area contributed by atoms with Crippen molar-refractivity contribution in [3.8, 4) is 0 Å². The van der Waals surface area contributed by atoms with E-state index in [-0.39, 0.29) is 41.2 Å². The van der Waals surface area contributed by atoms with Gasteiger partial charge in [-0.1, -0.05) is 11.6 Å². The highest BCUT2D eigenvalue weighted by Crippen LogP contribution is 2.25. The quantitative estimate of drug-likeness (QED) is 0.616. The maximum atomic E-state index is 11.8. The normalized spacial score (nSPS) is 13.6. The molecule has 0 saturated heterocycles. The number of nitro benzene ring substituents is 1. The van der Waals surface area contributed by atoms with Crippen LogP contribution in [0.25, 0.3) is 0 Å². The molecule has 7 nitrogen and oxygen atoms in total. The van der Waals surface area contributed by atoms with E-state index >= 15 is 0 Å². The van der Waals surface area contributed by atoms with Gasteiger partial charge in [-0.05, 0) is 25.0 Å². The molecule has 21 heavy (non-hydrogen) atoms. The minimum Gasteiger partial charge on any atom is -0.353 e. The Labute approximate surface area is 125 Å². The largest absolute Gasteiger partial charge is 0.353 e. The number of carbonyl (C=O) groups is 2. The maximum Gasteiger partial charge on any atom is 0.288 e. The first-order valence-electron chi connectivity index (χ1n) is 6.49. The van der Waals surface area contributed by atoms with Crippen LogP contribution in [-0.4, -0.2) is 29.3 Å². The Hall–Kier alpha value is -2.15. The zero-order chi connectivity index (χ0) is 15.4. The van der Waals surface area contributed by atoms with Crippen LogP contribution < -0.4 is 10.6 Å². The van der Waals surface area contributed by atoms with Gasteiger partial charge in [0, 0.05) is 30.6 Å². The molecule has 2 N–H and O–H groups in total. The van der Waals surface area contributed by atoms with Gasteiger partial charge in [0.1, 0.15) is 5.02 Å². The minimum atomic E-state index is -0.651. The van der Waals surface area contributed by atoms with Crippen LogP contribution in [-0.2, 0) is 4.79 Å². The van der Waals surface area contributed by atoms with Crippen molar-refractivity contribution in [3.05, 3.63) is 38.9 Å². The fourth-order valence-corrected chi connectivity index (χ4v) is 1.90. The van der Waals surface area contributed by atoms with Gasteiger partial charge in [0.05, 0.1) is 4.92 Å². The molecule has 0 radical (unpaired) electrons. The Morgan fingerprint density at radius 3 is 2.71 bits per heavy atom. The minimum absolute atomic E-state index is 0.0274. The van der Waals surface area contributed by atoms with Gasteiger partial charge >= 0.3 is 0 Å². The van der Waals surface area contributed by atoms with Crippen LogP contribution in [0, 0.1) is 10.1 Å². The summed E-state index contributed by atoms with van der Waals surface area (Å²) in [6.45, 7) is 0.174. The monoisotopic (exact) mass is 311 g/mol. The van der Waals surface area contributed by atoms with Gasteiger partial charge in [0.2, 0.25) is 5.91 Å². The molecule has 1 aromatic carbocycles. The van der Waals surface area contributed by atoms with Crippen molar-refractivity contribution in [2.75, 3.05) is 6.54 Å². The third-order valence-electron chi connectivity index (χ3n) is 2.99. The number of carbonyl (C=O) groups excluding carboxylic acids is 2. The summed E-state index contributed by atoms with van der Waals surface area (Å²) in [5, 5.41) is 16.1. The number of amides is 2. The van der Waals surface area contributed by atoms with E-state index in [2.05, 4.69) is 10.6 Å². The standard InChI is InChI=1S/C13H14ClN3O4/c14-10-4-1-8(7-11(10)17(20)21)13(19)15-6-5-12(18)16-9-2-3-9/h1,4,7,9H,2-3,5-6H2,(H,15,19)(H,16,18). The predicted molar refractivity (Wildman–Crippen MR) is 76.2 cm³/mol. The van der Waals surface area contributed by atoms with Crippen LogP contribution in [0.5, 0.6) is 0 Å². The number of nitrogens with zero attached hydrogens (tertiary/aromatic N) is 1. The molecule has 0 aliphatic heterocycles. The zero-order valence-electron chi connectivity index (χ0n) is 11.1. The number of rotatable bonds is 6. The number of hydrogen-bond acceptors (Lipinski definition) is 4. The Kier molecular flexibility index (Phi) is 4.74. The average molecular weight is 312 g/mol. The summed E-state index contributed by atoms with van der Waals surface area (Å²) in [4.78, 5) is 33.4. The highest BCUT2D eigenvalue weighted by atomic mass is 35.5. The Bertz CT molecular complexity index is 587. The van der Waals surface area contributed by atoms with Gasteiger partial charge in [0.15, 0.2) is 0 Å². The molecule has 2 rings (SSSR count). The van der Waals surface area contributed by atoms with Crippen molar-refractivity contribution in [1.82, 2.24) is 10.6 Å². The molecule has 0 spiro atoms. The van der Waals surface area contributed by atoms with Crippen molar-refractivity contribution in [2.24, 2.45) is 0 Å². The molecular formula is C13H14ClN3O4. The summed E-state index contributed by atoms with van der Waals surface area (Å²) in [7, 11) is 0. The van der Waals surface area contributed by atoms with Crippen molar-refractivity contribution >= 4 is 29.1 Å². The van der Waals surface area contributed by atoms with Crippen LogP contribution in [0.15, 0.2) is 18.2 Å². The van der Waals surface area contributed by atoms with E-state index in [4.69, 9.17) is 11.6 Å². The van der Waals surface area contributed by atoms with E-state index in [1.54, 1.807) is 0 Å². The first-order chi connectivity index (χ1) is 9.97. The molecule has 1 saturated carbocycles. The Balaban J connectivity index is 1.86. The lowest BCUT2D eigenvalue weighted by atomic mass is 10.2. The maximum absolute atomic E-state index is 11.8. The third-order valence-corrected chi connectivity index (χ3v) is 3.30. The van der Waals surface area contributed by atoms with Crippen LogP contribution in [0.1, 0.15) is 29.6 Å². The van der Waals surface area contributed by atoms with Crippen molar-refractivity contribution in [3.63, 3.8) is 0 Å². The second kappa shape index (κ2) is 6.53. The number of halogens is 1. The lowest BCUT2D eigenvalue weighted by Gasteiger charge is -2.06. The molecule has 0 unspecified atom stereocenters. The molecule has 1 aliphatic rings.